The quantitative estimate of drug-likeness (QED) is 0.354. The van der Waals surface area contributed by atoms with Crippen molar-refractivity contribution in [3.05, 3.63) is 0 Å². The van der Waals surface area contributed by atoms with Crippen LogP contribution >= 0.6 is 0 Å². The second kappa shape index (κ2) is 16.0. The molecule has 0 rings (SSSR count). The van der Waals surface area contributed by atoms with Gasteiger partial charge in [-0.1, -0.05) is 77.6 Å². The lowest BCUT2D eigenvalue weighted by Gasteiger charge is -2.03. The molecule has 17 heavy (non-hydrogen) atoms. The Bertz CT molecular complexity index is 109. The first-order chi connectivity index (χ1) is 8.41. The SMILES string of the molecule is CCCCCCCCCCCCCCOCC. The summed E-state index contributed by atoms with van der Waals surface area (Å²) < 4.78 is 5.33. The predicted molar refractivity (Wildman–Crippen MR) is 77.6 cm³/mol. The van der Waals surface area contributed by atoms with Gasteiger partial charge in [-0.3, -0.25) is 0 Å². The second-order valence-corrected chi connectivity index (χ2v) is 5.09. The van der Waals surface area contributed by atoms with Crippen LogP contribution < -0.4 is 0 Å². The Morgan fingerprint density at radius 2 is 0.941 bits per heavy atom. The topological polar surface area (TPSA) is 9.23 Å². The van der Waals surface area contributed by atoms with E-state index in [1.54, 1.807) is 0 Å². The Morgan fingerprint density at radius 1 is 0.529 bits per heavy atom. The van der Waals surface area contributed by atoms with Gasteiger partial charge in [-0.2, -0.15) is 0 Å². The Morgan fingerprint density at radius 3 is 1.35 bits per heavy atom. The van der Waals surface area contributed by atoms with Gasteiger partial charge < -0.3 is 4.74 Å². The zero-order valence-electron chi connectivity index (χ0n) is 12.3. The number of ether oxygens (including phenoxy) is 1. The van der Waals surface area contributed by atoms with Crippen molar-refractivity contribution in [3.8, 4) is 0 Å². The van der Waals surface area contributed by atoms with E-state index in [1.807, 2.05) is 0 Å². The number of unbranched alkanes of at least 4 members (excludes halogenated alkanes) is 11. The molecule has 0 saturated carbocycles. The van der Waals surface area contributed by atoms with Gasteiger partial charge in [0.15, 0.2) is 0 Å². The molecule has 0 aliphatic rings. The standard InChI is InChI=1S/C16H34O/c1-3-5-6-7-8-9-10-11-12-13-14-15-16-17-4-2/h3-16H2,1-2H3. The summed E-state index contributed by atoms with van der Waals surface area (Å²) in [4.78, 5) is 0. The largest absolute Gasteiger partial charge is 0.382 e. The van der Waals surface area contributed by atoms with Gasteiger partial charge in [-0.05, 0) is 13.3 Å². The summed E-state index contributed by atoms with van der Waals surface area (Å²) in [6.07, 6.45) is 17.0. The van der Waals surface area contributed by atoms with Crippen LogP contribution in [0.1, 0.15) is 90.9 Å². The fourth-order valence-electron chi connectivity index (χ4n) is 2.19. The van der Waals surface area contributed by atoms with Crippen molar-refractivity contribution in [1.29, 1.82) is 0 Å². The minimum Gasteiger partial charge on any atom is -0.382 e. The first kappa shape index (κ1) is 17.0. The first-order valence-electron chi connectivity index (χ1n) is 7.99. The molecule has 0 aliphatic carbocycles. The van der Waals surface area contributed by atoms with Crippen LogP contribution in [0.3, 0.4) is 0 Å². The van der Waals surface area contributed by atoms with Crippen LogP contribution in [0.4, 0.5) is 0 Å². The molecule has 0 unspecified atom stereocenters. The summed E-state index contributed by atoms with van der Waals surface area (Å²) in [5.74, 6) is 0. The molecular weight excluding hydrogens is 208 g/mol. The Labute approximate surface area is 109 Å². The highest BCUT2D eigenvalue weighted by Crippen LogP contribution is 2.11. The fraction of sp³-hybridized carbons (Fsp3) is 1.00. The zero-order valence-corrected chi connectivity index (χ0v) is 12.3. The maximum absolute atomic E-state index is 5.33. The van der Waals surface area contributed by atoms with E-state index in [-0.39, 0.29) is 0 Å². The van der Waals surface area contributed by atoms with Crippen LogP contribution in [0.2, 0.25) is 0 Å². The molecule has 0 bridgehead atoms. The molecule has 0 spiro atoms. The average Bonchev–Trinajstić information content (AvgIpc) is 2.35. The van der Waals surface area contributed by atoms with Crippen molar-refractivity contribution in [2.45, 2.75) is 90.9 Å². The molecule has 0 N–H and O–H groups in total. The molecule has 104 valence electrons. The van der Waals surface area contributed by atoms with Crippen LogP contribution in [0.15, 0.2) is 0 Å². The number of hydrogen-bond acceptors (Lipinski definition) is 1. The molecular formula is C16H34O. The highest BCUT2D eigenvalue weighted by Gasteiger charge is 1.93. The predicted octanol–water partition coefficient (Wildman–Crippen LogP) is 5.72. The van der Waals surface area contributed by atoms with Crippen molar-refractivity contribution in [2.75, 3.05) is 13.2 Å². The zero-order chi connectivity index (χ0) is 12.6. The van der Waals surface area contributed by atoms with Crippen molar-refractivity contribution in [1.82, 2.24) is 0 Å². The van der Waals surface area contributed by atoms with E-state index >= 15 is 0 Å². The smallest absolute Gasteiger partial charge is 0.0465 e. The first-order valence-corrected chi connectivity index (χ1v) is 7.99. The molecule has 0 atom stereocenters. The van der Waals surface area contributed by atoms with Gasteiger partial charge in [0.05, 0.1) is 0 Å². The summed E-state index contributed by atoms with van der Waals surface area (Å²) in [6.45, 7) is 6.19. The van der Waals surface area contributed by atoms with Crippen LogP contribution in [0.25, 0.3) is 0 Å². The lowest BCUT2D eigenvalue weighted by molar-refractivity contribution is 0.143. The molecule has 0 aromatic rings. The molecule has 0 amide bonds. The van der Waals surface area contributed by atoms with E-state index in [0.717, 1.165) is 13.2 Å². The summed E-state index contributed by atoms with van der Waals surface area (Å²) in [7, 11) is 0. The van der Waals surface area contributed by atoms with E-state index in [2.05, 4.69) is 13.8 Å². The lowest BCUT2D eigenvalue weighted by Crippen LogP contribution is -1.92. The van der Waals surface area contributed by atoms with E-state index in [4.69, 9.17) is 4.74 Å². The second-order valence-electron chi connectivity index (χ2n) is 5.09. The van der Waals surface area contributed by atoms with Gasteiger partial charge in [-0.25, -0.2) is 0 Å². The van der Waals surface area contributed by atoms with Gasteiger partial charge in [-0.15, -0.1) is 0 Å². The highest BCUT2D eigenvalue weighted by atomic mass is 16.5. The Kier molecular flexibility index (Phi) is 15.9. The minimum atomic E-state index is 0.873. The summed E-state index contributed by atoms with van der Waals surface area (Å²) in [5.41, 5.74) is 0. The van der Waals surface area contributed by atoms with E-state index in [0.29, 0.717) is 0 Å². The normalized spacial score (nSPS) is 10.9. The van der Waals surface area contributed by atoms with Gasteiger partial charge in [0.2, 0.25) is 0 Å². The molecule has 1 nitrogen and oxygen atoms in total. The third kappa shape index (κ3) is 16.0. The van der Waals surface area contributed by atoms with Crippen LogP contribution in [-0.2, 0) is 4.74 Å². The summed E-state index contributed by atoms with van der Waals surface area (Å²) >= 11 is 0. The van der Waals surface area contributed by atoms with Gasteiger partial charge in [0, 0.05) is 13.2 Å². The van der Waals surface area contributed by atoms with Crippen molar-refractivity contribution in [3.63, 3.8) is 0 Å². The molecule has 0 radical (unpaired) electrons. The van der Waals surface area contributed by atoms with Crippen LogP contribution in [0, 0.1) is 0 Å². The van der Waals surface area contributed by atoms with Crippen molar-refractivity contribution >= 4 is 0 Å². The maximum atomic E-state index is 5.33. The Balaban J connectivity index is 2.85. The highest BCUT2D eigenvalue weighted by molar-refractivity contribution is 4.48. The third-order valence-corrected chi connectivity index (χ3v) is 3.35. The van der Waals surface area contributed by atoms with Gasteiger partial charge in [0.25, 0.3) is 0 Å². The molecule has 0 aromatic heterocycles. The van der Waals surface area contributed by atoms with Crippen LogP contribution in [-0.4, -0.2) is 13.2 Å². The average molecular weight is 242 g/mol. The number of rotatable bonds is 14. The summed E-state index contributed by atoms with van der Waals surface area (Å²) in [6, 6.07) is 0. The molecule has 0 fully saturated rings. The third-order valence-electron chi connectivity index (χ3n) is 3.35. The minimum absolute atomic E-state index is 0.873. The molecule has 0 aliphatic heterocycles. The van der Waals surface area contributed by atoms with E-state index in [1.165, 1.54) is 77.0 Å². The van der Waals surface area contributed by atoms with Crippen LogP contribution in [0.5, 0.6) is 0 Å². The molecule has 0 aromatic carbocycles. The van der Waals surface area contributed by atoms with Gasteiger partial charge >= 0.3 is 0 Å². The van der Waals surface area contributed by atoms with E-state index < -0.39 is 0 Å². The Hall–Kier alpha value is -0.0400. The monoisotopic (exact) mass is 242 g/mol. The maximum Gasteiger partial charge on any atom is 0.0465 e. The molecule has 0 heterocycles. The summed E-state index contributed by atoms with van der Waals surface area (Å²) in [5, 5.41) is 0. The molecule has 0 saturated heterocycles. The lowest BCUT2D eigenvalue weighted by atomic mass is 10.1. The van der Waals surface area contributed by atoms with Crippen molar-refractivity contribution < 1.29 is 4.74 Å². The van der Waals surface area contributed by atoms with Crippen molar-refractivity contribution in [2.24, 2.45) is 0 Å². The van der Waals surface area contributed by atoms with Gasteiger partial charge in [0.1, 0.15) is 0 Å². The number of hydrogen-bond donors (Lipinski definition) is 0. The fourth-order valence-corrected chi connectivity index (χ4v) is 2.19. The molecule has 1 heteroatoms. The van der Waals surface area contributed by atoms with E-state index in [9.17, 15) is 0 Å².